The van der Waals surface area contributed by atoms with E-state index in [9.17, 15) is 0 Å². The molecule has 1 aromatic heterocycles. The Labute approximate surface area is 103 Å². The van der Waals surface area contributed by atoms with E-state index >= 15 is 0 Å². The van der Waals surface area contributed by atoms with Gasteiger partial charge in [-0.1, -0.05) is 34.6 Å². The Kier molecular flexibility index (Phi) is 3.41. The van der Waals surface area contributed by atoms with Gasteiger partial charge < -0.3 is 9.30 Å². The van der Waals surface area contributed by atoms with Gasteiger partial charge in [-0.25, -0.2) is 4.98 Å². The van der Waals surface area contributed by atoms with Crippen LogP contribution in [-0.4, -0.2) is 16.7 Å². The van der Waals surface area contributed by atoms with E-state index in [4.69, 9.17) is 4.74 Å². The topological polar surface area (TPSA) is 27.1 Å². The highest BCUT2D eigenvalue weighted by Gasteiger charge is 2.09. The molecule has 0 saturated heterocycles. The number of methoxy groups -OCH3 is 1. The van der Waals surface area contributed by atoms with Gasteiger partial charge in [0.15, 0.2) is 0 Å². The first-order chi connectivity index (χ1) is 7.72. The summed E-state index contributed by atoms with van der Waals surface area (Å²) in [5.41, 5.74) is 2.10. The number of hydrogen-bond donors (Lipinski definition) is 0. The molecule has 84 valence electrons. The second-order valence-electron chi connectivity index (χ2n) is 3.55. The minimum Gasteiger partial charge on any atom is -0.377 e. The molecule has 0 spiro atoms. The number of imidazole rings is 1. The van der Waals surface area contributed by atoms with E-state index < -0.39 is 0 Å². The van der Waals surface area contributed by atoms with Crippen LogP contribution in [0, 0.1) is 0 Å². The number of benzene rings is 1. The molecule has 1 aromatic carbocycles. The van der Waals surface area contributed by atoms with Crippen LogP contribution in [0.25, 0.3) is 11.0 Å². The van der Waals surface area contributed by atoms with Gasteiger partial charge in [0.25, 0.3) is 0 Å². The maximum atomic E-state index is 5.15. The number of allylic oxidation sites excluding steroid dienone is 1. The van der Waals surface area contributed by atoms with E-state index in [1.54, 1.807) is 7.11 Å². The van der Waals surface area contributed by atoms with Crippen molar-refractivity contribution in [1.82, 2.24) is 9.55 Å². The highest BCUT2D eigenvalue weighted by atomic mass is 79.9. The molecule has 0 N–H and O–H groups in total. The minimum absolute atomic E-state index is 0.509. The molecule has 0 amide bonds. The summed E-state index contributed by atoms with van der Waals surface area (Å²) in [5.74, 6) is 0.921. The third kappa shape index (κ3) is 2.18. The van der Waals surface area contributed by atoms with Crippen molar-refractivity contribution >= 4 is 27.0 Å². The van der Waals surface area contributed by atoms with Crippen molar-refractivity contribution in [2.45, 2.75) is 13.2 Å². The molecule has 0 aliphatic rings. The normalized spacial score (nSPS) is 10.9. The zero-order valence-corrected chi connectivity index (χ0v) is 10.7. The Hall–Kier alpha value is -1.13. The molecule has 2 aromatic rings. The van der Waals surface area contributed by atoms with Crippen LogP contribution in [0.1, 0.15) is 5.82 Å². The average Bonchev–Trinajstić information content (AvgIpc) is 2.57. The summed E-state index contributed by atoms with van der Waals surface area (Å²) >= 11 is 3.38. The van der Waals surface area contributed by atoms with Crippen molar-refractivity contribution in [2.24, 2.45) is 0 Å². The fourth-order valence-corrected chi connectivity index (χ4v) is 1.96. The molecule has 0 aliphatic heterocycles. The molecule has 3 nitrogen and oxygen atoms in total. The molecule has 1 heterocycles. The predicted octanol–water partition coefficient (Wildman–Crippen LogP) is 3.09. The SMILES string of the molecule is C=C(Br)Cn1c(COC)nc2ccccc21. The standard InChI is InChI=1S/C12H13BrN2O/c1-9(13)7-15-11-6-4-3-5-10(11)14-12(15)8-16-2/h3-6H,1,7-8H2,2H3. The van der Waals surface area contributed by atoms with Gasteiger partial charge in [-0.2, -0.15) is 0 Å². The number of fused-ring (bicyclic) bond motifs is 1. The van der Waals surface area contributed by atoms with Gasteiger partial charge in [-0.15, -0.1) is 0 Å². The van der Waals surface area contributed by atoms with E-state index in [2.05, 4.69) is 38.1 Å². The Bertz CT molecular complexity index is 519. The van der Waals surface area contributed by atoms with E-state index in [0.29, 0.717) is 13.2 Å². The lowest BCUT2D eigenvalue weighted by molar-refractivity contribution is 0.175. The molecule has 2 rings (SSSR count). The van der Waals surface area contributed by atoms with Crippen LogP contribution < -0.4 is 0 Å². The third-order valence-corrected chi connectivity index (χ3v) is 2.59. The predicted molar refractivity (Wildman–Crippen MR) is 68.5 cm³/mol. The van der Waals surface area contributed by atoms with E-state index in [1.807, 2.05) is 18.2 Å². The first-order valence-electron chi connectivity index (χ1n) is 4.98. The lowest BCUT2D eigenvalue weighted by Crippen LogP contribution is -2.04. The van der Waals surface area contributed by atoms with Crippen LogP contribution in [0.2, 0.25) is 0 Å². The highest BCUT2D eigenvalue weighted by molar-refractivity contribution is 9.11. The summed E-state index contributed by atoms with van der Waals surface area (Å²) in [7, 11) is 1.67. The van der Waals surface area contributed by atoms with Gasteiger partial charge in [-0.05, 0) is 12.1 Å². The van der Waals surface area contributed by atoms with Gasteiger partial charge in [0.05, 0.1) is 17.6 Å². The Morgan fingerprint density at radius 2 is 2.25 bits per heavy atom. The summed E-state index contributed by atoms with van der Waals surface area (Å²) in [6, 6.07) is 8.05. The molecule has 4 heteroatoms. The van der Waals surface area contributed by atoms with Crippen molar-refractivity contribution in [3.05, 3.63) is 41.2 Å². The summed E-state index contributed by atoms with van der Waals surface area (Å²) in [4.78, 5) is 4.53. The number of ether oxygens (including phenoxy) is 1. The van der Waals surface area contributed by atoms with Gasteiger partial charge in [-0.3, -0.25) is 0 Å². The molecule has 0 aliphatic carbocycles. The largest absolute Gasteiger partial charge is 0.377 e. The van der Waals surface area contributed by atoms with Gasteiger partial charge in [0, 0.05) is 11.6 Å². The van der Waals surface area contributed by atoms with Crippen LogP contribution in [0.5, 0.6) is 0 Å². The molecular weight excluding hydrogens is 268 g/mol. The summed E-state index contributed by atoms with van der Waals surface area (Å²) in [5, 5.41) is 0. The van der Waals surface area contributed by atoms with Crippen molar-refractivity contribution in [2.75, 3.05) is 7.11 Å². The van der Waals surface area contributed by atoms with Crippen LogP contribution in [0.15, 0.2) is 35.3 Å². The molecule has 0 fully saturated rings. The van der Waals surface area contributed by atoms with Crippen molar-refractivity contribution in [3.63, 3.8) is 0 Å². The van der Waals surface area contributed by atoms with E-state index in [0.717, 1.165) is 21.3 Å². The molecule has 16 heavy (non-hydrogen) atoms. The van der Waals surface area contributed by atoms with Crippen LogP contribution in [0.3, 0.4) is 0 Å². The fourth-order valence-electron chi connectivity index (χ4n) is 1.71. The summed E-state index contributed by atoms with van der Waals surface area (Å²) in [6.45, 7) is 5.08. The van der Waals surface area contributed by atoms with Crippen LogP contribution >= 0.6 is 15.9 Å². The highest BCUT2D eigenvalue weighted by Crippen LogP contribution is 2.19. The number of aromatic nitrogens is 2. The Morgan fingerprint density at radius 1 is 1.50 bits per heavy atom. The second kappa shape index (κ2) is 4.80. The quantitative estimate of drug-likeness (QED) is 0.861. The molecule has 0 unspecified atom stereocenters. The lowest BCUT2D eigenvalue weighted by Gasteiger charge is -2.07. The molecule has 0 radical (unpaired) electrons. The molecule has 0 saturated carbocycles. The monoisotopic (exact) mass is 280 g/mol. The smallest absolute Gasteiger partial charge is 0.136 e. The molecule has 0 bridgehead atoms. The first-order valence-corrected chi connectivity index (χ1v) is 5.78. The first kappa shape index (κ1) is 11.4. The average molecular weight is 281 g/mol. The zero-order chi connectivity index (χ0) is 11.5. The van der Waals surface area contributed by atoms with Crippen molar-refractivity contribution < 1.29 is 4.74 Å². The maximum absolute atomic E-state index is 5.15. The molecular formula is C12H13BrN2O. The minimum atomic E-state index is 0.509. The number of rotatable bonds is 4. The van der Waals surface area contributed by atoms with Crippen molar-refractivity contribution in [1.29, 1.82) is 0 Å². The number of para-hydroxylation sites is 2. The maximum Gasteiger partial charge on any atom is 0.136 e. The van der Waals surface area contributed by atoms with E-state index in [-0.39, 0.29) is 0 Å². The number of nitrogens with zero attached hydrogens (tertiary/aromatic N) is 2. The summed E-state index contributed by atoms with van der Waals surface area (Å²) in [6.07, 6.45) is 0. The third-order valence-electron chi connectivity index (χ3n) is 2.34. The van der Waals surface area contributed by atoms with Gasteiger partial charge in [0.1, 0.15) is 12.4 Å². The number of halogens is 1. The summed E-state index contributed by atoms with van der Waals surface area (Å²) < 4.78 is 8.18. The van der Waals surface area contributed by atoms with Gasteiger partial charge >= 0.3 is 0 Å². The Balaban J connectivity index is 2.54. The van der Waals surface area contributed by atoms with Gasteiger partial charge in [0.2, 0.25) is 0 Å². The van der Waals surface area contributed by atoms with Crippen LogP contribution in [0.4, 0.5) is 0 Å². The fraction of sp³-hybridized carbons (Fsp3) is 0.250. The lowest BCUT2D eigenvalue weighted by atomic mass is 10.3. The van der Waals surface area contributed by atoms with E-state index in [1.165, 1.54) is 0 Å². The Morgan fingerprint density at radius 3 is 2.94 bits per heavy atom. The van der Waals surface area contributed by atoms with Crippen molar-refractivity contribution in [3.8, 4) is 0 Å². The van der Waals surface area contributed by atoms with Crippen LogP contribution in [-0.2, 0) is 17.9 Å². The zero-order valence-electron chi connectivity index (χ0n) is 9.11. The second-order valence-corrected chi connectivity index (χ2v) is 4.67. The number of hydrogen-bond acceptors (Lipinski definition) is 2. The molecule has 0 atom stereocenters.